The van der Waals surface area contributed by atoms with Crippen LogP contribution >= 0.6 is 11.3 Å². The van der Waals surface area contributed by atoms with E-state index in [2.05, 4.69) is 30.8 Å². The molecule has 0 saturated heterocycles. The first-order valence-corrected chi connectivity index (χ1v) is 7.83. The predicted molar refractivity (Wildman–Crippen MR) is 80.5 cm³/mol. The van der Waals surface area contributed by atoms with E-state index in [9.17, 15) is 4.79 Å². The van der Waals surface area contributed by atoms with Crippen LogP contribution in [0.25, 0.3) is 0 Å². The summed E-state index contributed by atoms with van der Waals surface area (Å²) in [6, 6.07) is 0. The molecule has 106 valence electrons. The molecule has 0 unspecified atom stereocenters. The summed E-state index contributed by atoms with van der Waals surface area (Å²) in [6.07, 6.45) is 4.46. The Kier molecular flexibility index (Phi) is 4.93. The van der Waals surface area contributed by atoms with Crippen LogP contribution in [0.3, 0.4) is 0 Å². The highest BCUT2D eigenvalue weighted by atomic mass is 32.1. The van der Waals surface area contributed by atoms with Gasteiger partial charge in [0.25, 0.3) is 0 Å². The van der Waals surface area contributed by atoms with Crippen LogP contribution in [-0.2, 0) is 0 Å². The van der Waals surface area contributed by atoms with E-state index in [0.29, 0.717) is 5.92 Å². The second kappa shape index (κ2) is 6.48. The predicted octanol–water partition coefficient (Wildman–Crippen LogP) is 2.61. The lowest BCUT2D eigenvalue weighted by molar-refractivity contribution is 0.112. The normalized spacial score (nSPS) is 14.9. The van der Waals surface area contributed by atoms with Gasteiger partial charge in [-0.15, -0.1) is 0 Å². The second-order valence-electron chi connectivity index (χ2n) is 5.43. The Hall–Kier alpha value is -0.940. The number of likely N-dealkylation sites (N-methyl/N-ethyl adjacent to an activating group) is 1. The Balaban J connectivity index is 2.13. The van der Waals surface area contributed by atoms with Gasteiger partial charge in [0.1, 0.15) is 0 Å². The first kappa shape index (κ1) is 14.5. The van der Waals surface area contributed by atoms with E-state index in [1.54, 1.807) is 11.3 Å². The Bertz CT molecular complexity index is 426. The molecule has 0 aromatic carbocycles. The minimum Gasteiger partial charge on any atom is -0.347 e. The van der Waals surface area contributed by atoms with Crippen LogP contribution in [-0.4, -0.2) is 49.9 Å². The average Bonchev–Trinajstić information content (AvgIpc) is 3.14. The van der Waals surface area contributed by atoms with Gasteiger partial charge < -0.3 is 9.80 Å². The van der Waals surface area contributed by atoms with Crippen molar-refractivity contribution in [1.82, 2.24) is 9.88 Å². The molecule has 0 radical (unpaired) electrons. The number of hydrogen-bond donors (Lipinski definition) is 0. The van der Waals surface area contributed by atoms with Crippen molar-refractivity contribution in [3.8, 4) is 0 Å². The Morgan fingerprint density at radius 3 is 2.58 bits per heavy atom. The number of hydrogen-bond acceptors (Lipinski definition) is 5. The van der Waals surface area contributed by atoms with Crippen molar-refractivity contribution in [1.29, 1.82) is 0 Å². The number of rotatable bonds is 8. The maximum atomic E-state index is 11.2. The van der Waals surface area contributed by atoms with Crippen LogP contribution < -0.4 is 4.90 Å². The van der Waals surface area contributed by atoms with E-state index in [-0.39, 0.29) is 0 Å². The molecule has 1 aromatic rings. The maximum absolute atomic E-state index is 11.2. The van der Waals surface area contributed by atoms with Gasteiger partial charge in [-0.25, -0.2) is 4.98 Å². The number of aldehydes is 1. The molecule has 1 aromatic heterocycles. The third-order valence-electron chi connectivity index (χ3n) is 3.32. The fraction of sp³-hybridized carbons (Fsp3) is 0.714. The van der Waals surface area contributed by atoms with Gasteiger partial charge in [-0.1, -0.05) is 18.3 Å². The van der Waals surface area contributed by atoms with Crippen molar-refractivity contribution in [2.75, 3.05) is 38.6 Å². The Morgan fingerprint density at radius 2 is 2.05 bits per heavy atom. The molecule has 1 aliphatic carbocycles. The molecule has 0 amide bonds. The zero-order chi connectivity index (χ0) is 13.8. The smallest absolute Gasteiger partial charge is 0.186 e. The van der Waals surface area contributed by atoms with Gasteiger partial charge in [0, 0.05) is 25.6 Å². The van der Waals surface area contributed by atoms with Gasteiger partial charge in [0.15, 0.2) is 11.4 Å². The molecular weight excluding hydrogens is 258 g/mol. The lowest BCUT2D eigenvalue weighted by Crippen LogP contribution is -2.32. The Labute approximate surface area is 119 Å². The maximum Gasteiger partial charge on any atom is 0.186 e. The highest BCUT2D eigenvalue weighted by Crippen LogP contribution is 2.43. The van der Waals surface area contributed by atoms with Gasteiger partial charge in [-0.05, 0) is 33.4 Å². The van der Waals surface area contributed by atoms with Gasteiger partial charge >= 0.3 is 0 Å². The van der Waals surface area contributed by atoms with Gasteiger partial charge in [-0.2, -0.15) is 0 Å². The lowest BCUT2D eigenvalue weighted by atomic mass is 10.3. The summed E-state index contributed by atoms with van der Waals surface area (Å²) in [5, 5.41) is 1.02. The summed E-state index contributed by atoms with van der Waals surface area (Å²) in [7, 11) is 4.16. The van der Waals surface area contributed by atoms with Crippen LogP contribution in [0.1, 0.15) is 47.5 Å². The van der Waals surface area contributed by atoms with E-state index >= 15 is 0 Å². The summed E-state index contributed by atoms with van der Waals surface area (Å²) in [4.78, 5) is 21.2. The summed E-state index contributed by atoms with van der Waals surface area (Å²) < 4.78 is 0. The van der Waals surface area contributed by atoms with Crippen molar-refractivity contribution < 1.29 is 4.79 Å². The molecule has 2 rings (SSSR count). The largest absolute Gasteiger partial charge is 0.347 e. The van der Waals surface area contributed by atoms with Gasteiger partial charge in [0.05, 0.1) is 10.6 Å². The molecule has 0 bridgehead atoms. The molecule has 1 heterocycles. The van der Waals surface area contributed by atoms with Gasteiger partial charge in [-0.3, -0.25) is 4.79 Å². The molecule has 0 N–H and O–H groups in total. The van der Waals surface area contributed by atoms with Crippen molar-refractivity contribution in [3.05, 3.63) is 10.6 Å². The van der Waals surface area contributed by atoms with E-state index in [4.69, 9.17) is 4.98 Å². The van der Waals surface area contributed by atoms with E-state index in [1.165, 1.54) is 12.8 Å². The van der Waals surface area contributed by atoms with Crippen LogP contribution in [0.5, 0.6) is 0 Å². The lowest BCUT2D eigenvalue weighted by Gasteiger charge is -2.23. The van der Waals surface area contributed by atoms with Crippen LogP contribution in [0.2, 0.25) is 0 Å². The second-order valence-corrected chi connectivity index (χ2v) is 6.44. The number of thiazole rings is 1. The fourth-order valence-electron chi connectivity index (χ4n) is 2.09. The third kappa shape index (κ3) is 3.76. The third-order valence-corrected chi connectivity index (χ3v) is 4.38. The van der Waals surface area contributed by atoms with Crippen molar-refractivity contribution in [2.45, 2.75) is 32.1 Å². The summed E-state index contributed by atoms with van der Waals surface area (Å²) in [5.74, 6) is 0.544. The molecule has 0 aliphatic heterocycles. The number of aromatic nitrogens is 1. The number of carbonyl (C=O) groups excluding carboxylic acids is 1. The topological polar surface area (TPSA) is 36.4 Å². The monoisotopic (exact) mass is 281 g/mol. The SMILES string of the molecule is CCCN(CCN(C)C)c1nc(C2CC2)c(C=O)s1. The molecule has 1 aliphatic rings. The average molecular weight is 281 g/mol. The van der Waals surface area contributed by atoms with Crippen LogP contribution in [0.15, 0.2) is 0 Å². The quantitative estimate of drug-likeness (QED) is 0.686. The van der Waals surface area contributed by atoms with Crippen molar-refractivity contribution >= 4 is 22.8 Å². The number of nitrogens with zero attached hydrogens (tertiary/aromatic N) is 3. The summed E-state index contributed by atoms with van der Waals surface area (Å²) in [6.45, 7) is 5.16. The van der Waals surface area contributed by atoms with E-state index < -0.39 is 0 Å². The molecule has 1 fully saturated rings. The molecule has 4 nitrogen and oxygen atoms in total. The number of anilines is 1. The standard InChI is InChI=1S/C14H23N3OS/c1-4-7-17(9-8-16(2)3)14-15-13(11-5-6-11)12(10-18)19-14/h10-11H,4-9H2,1-3H3. The highest BCUT2D eigenvalue weighted by Gasteiger charge is 2.30. The molecule has 19 heavy (non-hydrogen) atoms. The zero-order valence-electron chi connectivity index (χ0n) is 12.1. The summed E-state index contributed by atoms with van der Waals surface area (Å²) in [5.41, 5.74) is 1.04. The number of carbonyl (C=O) groups is 1. The summed E-state index contributed by atoms with van der Waals surface area (Å²) >= 11 is 1.56. The fourth-order valence-corrected chi connectivity index (χ4v) is 3.11. The van der Waals surface area contributed by atoms with Crippen LogP contribution in [0, 0.1) is 0 Å². The minimum absolute atomic E-state index is 0.544. The van der Waals surface area contributed by atoms with E-state index in [1.807, 2.05) is 0 Å². The molecule has 5 heteroatoms. The molecule has 0 spiro atoms. The van der Waals surface area contributed by atoms with Gasteiger partial charge in [0.2, 0.25) is 0 Å². The van der Waals surface area contributed by atoms with Crippen LogP contribution in [0.4, 0.5) is 5.13 Å². The molecule has 1 saturated carbocycles. The van der Waals surface area contributed by atoms with Crippen molar-refractivity contribution in [2.24, 2.45) is 0 Å². The van der Waals surface area contributed by atoms with Crippen molar-refractivity contribution in [3.63, 3.8) is 0 Å². The molecular formula is C14H23N3OS. The zero-order valence-corrected chi connectivity index (χ0v) is 12.9. The first-order valence-electron chi connectivity index (χ1n) is 7.01. The minimum atomic E-state index is 0.544. The Morgan fingerprint density at radius 1 is 1.32 bits per heavy atom. The highest BCUT2D eigenvalue weighted by molar-refractivity contribution is 7.17. The first-order chi connectivity index (χ1) is 9.15. The van der Waals surface area contributed by atoms with E-state index in [0.717, 1.165) is 48.0 Å². The molecule has 0 atom stereocenters.